The van der Waals surface area contributed by atoms with Crippen LogP contribution in [0.4, 0.5) is 0 Å². The summed E-state index contributed by atoms with van der Waals surface area (Å²) in [6, 6.07) is 7.01. The van der Waals surface area contributed by atoms with Crippen molar-refractivity contribution in [2.45, 2.75) is 95.7 Å². The second-order valence-electron chi connectivity index (χ2n) is 13.2. The van der Waals surface area contributed by atoms with Crippen molar-refractivity contribution in [1.29, 1.82) is 0 Å². The van der Waals surface area contributed by atoms with Gasteiger partial charge in [0.15, 0.2) is 0 Å². The number of fused-ring (bicyclic) bond motifs is 2. The summed E-state index contributed by atoms with van der Waals surface area (Å²) in [5, 5.41) is 13.5. The molecule has 1 aromatic rings. The predicted octanol–water partition coefficient (Wildman–Crippen LogP) is 3.31. The predicted molar refractivity (Wildman–Crippen MR) is 167 cm³/mol. The maximum Gasteiger partial charge on any atom is 0.313 e. The van der Waals surface area contributed by atoms with Gasteiger partial charge in [-0.05, 0) is 37.7 Å². The number of allylic oxidation sites excluding steroid dienone is 1. The zero-order valence-electron chi connectivity index (χ0n) is 26.8. The number of hydrogen-bond acceptors (Lipinski definition) is 7. The molecule has 0 aromatic heterocycles. The fourth-order valence-electron chi connectivity index (χ4n) is 7.45. The lowest BCUT2D eigenvalue weighted by Crippen LogP contribution is -2.58. The molecule has 0 saturated carbocycles. The van der Waals surface area contributed by atoms with E-state index in [1.807, 2.05) is 56.3 Å². The SMILES string of the molecule is CCCCN1CC=C[C@]23O[C@@H]4/C=C\CCC(=O)N[C@H](C)[C@@H](c5ccccc5)OC(=O)[C@@H]4[C@H]2C(=O)N([C@@H](CO)CC(C)C)[C@@H]3C1=O. The van der Waals surface area contributed by atoms with Gasteiger partial charge in [-0.3, -0.25) is 19.2 Å². The van der Waals surface area contributed by atoms with Gasteiger partial charge in [0.2, 0.25) is 17.7 Å². The highest BCUT2D eigenvalue weighted by Gasteiger charge is 2.72. The van der Waals surface area contributed by atoms with Crippen LogP contribution in [0.1, 0.15) is 71.5 Å². The number of hydrogen-bond donors (Lipinski definition) is 2. The Morgan fingerprint density at radius 2 is 1.84 bits per heavy atom. The van der Waals surface area contributed by atoms with E-state index < -0.39 is 59.6 Å². The van der Waals surface area contributed by atoms with E-state index in [1.165, 1.54) is 4.90 Å². The van der Waals surface area contributed by atoms with E-state index in [9.17, 15) is 24.3 Å². The number of unbranched alkanes of at least 4 members (excludes halogenated alkanes) is 1. The molecule has 2 N–H and O–H groups in total. The van der Waals surface area contributed by atoms with Crippen LogP contribution in [0, 0.1) is 17.8 Å². The van der Waals surface area contributed by atoms with Crippen LogP contribution < -0.4 is 5.32 Å². The fraction of sp³-hybridized carbons (Fsp3) is 0.600. The fourth-order valence-corrected chi connectivity index (χ4v) is 7.45. The maximum absolute atomic E-state index is 14.7. The minimum Gasteiger partial charge on any atom is -0.455 e. The van der Waals surface area contributed by atoms with E-state index in [4.69, 9.17) is 9.47 Å². The molecule has 0 aliphatic carbocycles. The molecule has 8 atom stereocenters. The number of ether oxygens (including phenoxy) is 2. The molecule has 10 nitrogen and oxygen atoms in total. The monoisotopic (exact) mass is 621 g/mol. The van der Waals surface area contributed by atoms with Gasteiger partial charge >= 0.3 is 5.97 Å². The van der Waals surface area contributed by atoms with Crippen molar-refractivity contribution in [2.75, 3.05) is 19.7 Å². The van der Waals surface area contributed by atoms with Crippen LogP contribution in [0.2, 0.25) is 0 Å². The summed E-state index contributed by atoms with van der Waals surface area (Å²) >= 11 is 0. The summed E-state index contributed by atoms with van der Waals surface area (Å²) in [5.74, 6) is -3.38. The highest BCUT2D eigenvalue weighted by Crippen LogP contribution is 2.54. The molecule has 4 heterocycles. The highest BCUT2D eigenvalue weighted by molar-refractivity contribution is 5.99. The Bertz CT molecular complexity index is 1310. The van der Waals surface area contributed by atoms with Crippen LogP contribution >= 0.6 is 0 Å². The van der Waals surface area contributed by atoms with Gasteiger partial charge in [0.25, 0.3) is 0 Å². The number of carbonyl (C=O) groups excluding carboxylic acids is 4. The Morgan fingerprint density at radius 3 is 2.53 bits per heavy atom. The van der Waals surface area contributed by atoms with Crippen LogP contribution in [-0.2, 0) is 28.7 Å². The van der Waals surface area contributed by atoms with Crippen molar-refractivity contribution >= 4 is 23.7 Å². The molecule has 0 radical (unpaired) electrons. The van der Waals surface area contributed by atoms with E-state index in [0.717, 1.165) is 12.8 Å². The molecule has 2 fully saturated rings. The number of nitrogens with zero attached hydrogens (tertiary/aromatic N) is 2. The van der Waals surface area contributed by atoms with E-state index in [0.29, 0.717) is 31.5 Å². The van der Waals surface area contributed by atoms with Gasteiger partial charge in [-0.1, -0.05) is 81.8 Å². The first kappa shape index (κ1) is 32.9. The van der Waals surface area contributed by atoms with Crippen molar-refractivity contribution in [3.8, 4) is 0 Å². The molecular weight excluding hydrogens is 574 g/mol. The van der Waals surface area contributed by atoms with Gasteiger partial charge in [0, 0.05) is 19.5 Å². The second kappa shape index (κ2) is 13.9. The summed E-state index contributed by atoms with van der Waals surface area (Å²) in [4.78, 5) is 59.5. The zero-order chi connectivity index (χ0) is 32.3. The van der Waals surface area contributed by atoms with Crippen LogP contribution in [0.3, 0.4) is 0 Å². The molecule has 3 amide bonds. The second-order valence-corrected chi connectivity index (χ2v) is 13.2. The van der Waals surface area contributed by atoms with Crippen molar-refractivity contribution in [1.82, 2.24) is 15.1 Å². The molecule has 2 saturated heterocycles. The standard InChI is InChI=1S/C35H47N3O7/c1-5-6-18-37-19-12-17-35-29(32(41)38(31(35)33(37)42)25(21-39)20-22(2)3)28-26(45-35)15-10-11-16-27(40)36-23(4)30(44-34(28)43)24-13-8-7-9-14-24/h7-10,12-15,17,22-23,25-26,28-31,39H,5-6,11,16,18-21H2,1-4H3,(H,36,40)/b15-10-/t23-,25-,26-,28+,29+,30+,31-,35+/m1/s1. The Morgan fingerprint density at radius 1 is 1.09 bits per heavy atom. The van der Waals surface area contributed by atoms with Crippen molar-refractivity contribution in [3.05, 3.63) is 60.2 Å². The molecular formula is C35H47N3O7. The van der Waals surface area contributed by atoms with Crippen LogP contribution in [0.5, 0.6) is 0 Å². The lowest BCUT2D eigenvalue weighted by atomic mass is 9.77. The molecule has 5 rings (SSSR count). The number of carbonyl (C=O) groups is 4. The topological polar surface area (TPSA) is 125 Å². The molecule has 0 bridgehead atoms. The Balaban J connectivity index is 1.61. The summed E-state index contributed by atoms with van der Waals surface area (Å²) < 4.78 is 13.0. The number of aliphatic hydroxyl groups is 1. The van der Waals surface area contributed by atoms with E-state index >= 15 is 0 Å². The van der Waals surface area contributed by atoms with Crippen molar-refractivity contribution in [2.24, 2.45) is 17.8 Å². The zero-order valence-corrected chi connectivity index (χ0v) is 26.8. The molecule has 45 heavy (non-hydrogen) atoms. The van der Waals surface area contributed by atoms with Gasteiger partial charge in [0.05, 0.1) is 30.7 Å². The average molecular weight is 622 g/mol. The third-order valence-corrected chi connectivity index (χ3v) is 9.49. The normalized spacial score (nSPS) is 33.4. The molecule has 1 aromatic carbocycles. The van der Waals surface area contributed by atoms with E-state index in [1.54, 1.807) is 24.0 Å². The van der Waals surface area contributed by atoms with Crippen molar-refractivity contribution in [3.63, 3.8) is 0 Å². The van der Waals surface area contributed by atoms with Gasteiger partial charge in [0.1, 0.15) is 23.7 Å². The number of esters is 1. The quantitative estimate of drug-likeness (QED) is 0.337. The summed E-state index contributed by atoms with van der Waals surface area (Å²) in [5.41, 5.74) is -0.720. The largest absolute Gasteiger partial charge is 0.455 e. The highest BCUT2D eigenvalue weighted by atomic mass is 16.6. The molecule has 0 unspecified atom stereocenters. The molecule has 4 aliphatic rings. The minimum atomic E-state index is -1.43. The first-order chi connectivity index (χ1) is 21.6. The molecule has 1 spiro atoms. The first-order valence-corrected chi connectivity index (χ1v) is 16.4. The molecule has 4 aliphatic heterocycles. The summed E-state index contributed by atoms with van der Waals surface area (Å²) in [6.45, 7) is 8.44. The Hall–Kier alpha value is -3.50. The Labute approximate surface area is 265 Å². The lowest BCUT2D eigenvalue weighted by molar-refractivity contribution is -0.162. The average Bonchev–Trinajstić information content (AvgIpc) is 3.41. The van der Waals surface area contributed by atoms with Gasteiger partial charge in [-0.25, -0.2) is 0 Å². The van der Waals surface area contributed by atoms with Gasteiger partial charge < -0.3 is 29.7 Å². The van der Waals surface area contributed by atoms with E-state index in [2.05, 4.69) is 12.2 Å². The van der Waals surface area contributed by atoms with Gasteiger partial charge in [-0.2, -0.15) is 0 Å². The number of rotatable bonds is 8. The number of aliphatic hydroxyl groups excluding tert-OH is 1. The number of nitrogens with one attached hydrogen (secondary N) is 1. The van der Waals surface area contributed by atoms with Gasteiger partial charge in [-0.15, -0.1) is 0 Å². The molecule has 10 heteroatoms. The number of likely N-dealkylation sites (tertiary alicyclic amines) is 1. The smallest absolute Gasteiger partial charge is 0.313 e. The third-order valence-electron chi connectivity index (χ3n) is 9.49. The number of amides is 3. The van der Waals surface area contributed by atoms with Crippen molar-refractivity contribution < 1.29 is 33.8 Å². The van der Waals surface area contributed by atoms with Crippen LogP contribution in [-0.4, -0.2) is 88.1 Å². The van der Waals surface area contributed by atoms with Crippen LogP contribution in [0.25, 0.3) is 0 Å². The summed E-state index contributed by atoms with van der Waals surface area (Å²) in [7, 11) is 0. The Kier molecular flexibility index (Phi) is 10.1. The van der Waals surface area contributed by atoms with Crippen LogP contribution in [0.15, 0.2) is 54.6 Å². The third kappa shape index (κ3) is 6.31. The first-order valence-electron chi connectivity index (χ1n) is 16.4. The summed E-state index contributed by atoms with van der Waals surface area (Å²) in [6.07, 6.45) is 8.38. The molecule has 244 valence electrons. The maximum atomic E-state index is 14.7. The minimum absolute atomic E-state index is 0.144. The van der Waals surface area contributed by atoms with E-state index in [-0.39, 0.29) is 30.8 Å². The number of benzene rings is 1. The lowest BCUT2D eigenvalue weighted by Gasteiger charge is -2.39. The number of cyclic esters (lactones) is 1.